The smallest absolute Gasteiger partial charge is 0.338 e. The molecule has 0 aliphatic heterocycles. The highest BCUT2D eigenvalue weighted by atomic mass is 32.2. The first-order valence-electron chi connectivity index (χ1n) is 5.99. The number of primary sulfonamides is 1. The second-order valence-electron chi connectivity index (χ2n) is 5.06. The molecule has 0 spiro atoms. The fourth-order valence-electron chi connectivity index (χ4n) is 1.91. The molecule has 21 heavy (non-hydrogen) atoms. The lowest BCUT2D eigenvalue weighted by molar-refractivity contribution is -0.163. The number of benzene rings is 1. The summed E-state index contributed by atoms with van der Waals surface area (Å²) in [4.78, 5) is 11.7. The Balaban J connectivity index is 2.32. The van der Waals surface area contributed by atoms with Crippen molar-refractivity contribution in [2.45, 2.75) is 36.4 Å². The second kappa shape index (κ2) is 4.70. The molecule has 1 aliphatic carbocycles. The molecule has 0 aromatic heterocycles. The maximum Gasteiger partial charge on any atom is 0.411 e. The van der Waals surface area contributed by atoms with Crippen LogP contribution in [-0.2, 0) is 10.0 Å². The Morgan fingerprint density at radius 3 is 2.33 bits per heavy atom. The highest BCUT2D eigenvalue weighted by Crippen LogP contribution is 2.49. The van der Waals surface area contributed by atoms with Crippen LogP contribution in [0.25, 0.3) is 0 Å². The molecular formula is C12H13F3N2O3S. The highest BCUT2D eigenvalue weighted by molar-refractivity contribution is 7.89. The molecule has 0 saturated heterocycles. The number of carbonyl (C=O) groups is 1. The zero-order valence-electron chi connectivity index (χ0n) is 11.0. The molecule has 1 aliphatic rings. The van der Waals surface area contributed by atoms with Crippen molar-refractivity contribution in [3.8, 4) is 0 Å². The Kier molecular flexibility index (Phi) is 3.53. The third-order valence-electron chi connectivity index (χ3n) is 3.43. The topological polar surface area (TPSA) is 89.3 Å². The summed E-state index contributed by atoms with van der Waals surface area (Å²) >= 11 is 0. The molecule has 1 aromatic carbocycles. The van der Waals surface area contributed by atoms with E-state index in [1.165, 1.54) is 19.1 Å². The van der Waals surface area contributed by atoms with E-state index >= 15 is 0 Å². The predicted molar refractivity (Wildman–Crippen MR) is 68.0 cm³/mol. The van der Waals surface area contributed by atoms with Crippen LogP contribution < -0.4 is 10.5 Å². The number of hydrogen-bond donors (Lipinski definition) is 2. The van der Waals surface area contributed by atoms with Gasteiger partial charge in [0.1, 0.15) is 5.54 Å². The van der Waals surface area contributed by atoms with Gasteiger partial charge >= 0.3 is 6.18 Å². The van der Waals surface area contributed by atoms with Crippen LogP contribution in [0.3, 0.4) is 0 Å². The van der Waals surface area contributed by atoms with E-state index in [0.717, 1.165) is 6.07 Å². The molecule has 2 rings (SSSR count). The lowest BCUT2D eigenvalue weighted by Crippen LogP contribution is -2.48. The van der Waals surface area contributed by atoms with Crippen molar-refractivity contribution in [2.24, 2.45) is 5.14 Å². The van der Waals surface area contributed by atoms with E-state index in [9.17, 15) is 26.4 Å². The molecule has 0 unspecified atom stereocenters. The molecule has 1 fully saturated rings. The number of sulfonamides is 1. The van der Waals surface area contributed by atoms with Crippen LogP contribution in [0.2, 0.25) is 0 Å². The molecule has 9 heteroatoms. The Bertz CT molecular complexity index is 694. The molecular weight excluding hydrogens is 309 g/mol. The first-order valence-corrected chi connectivity index (χ1v) is 7.54. The van der Waals surface area contributed by atoms with E-state index in [0.29, 0.717) is 5.56 Å². The zero-order chi connectivity index (χ0) is 16.1. The van der Waals surface area contributed by atoms with Gasteiger partial charge < -0.3 is 5.32 Å². The first kappa shape index (κ1) is 15.8. The summed E-state index contributed by atoms with van der Waals surface area (Å²) in [5.74, 6) is -0.965. The van der Waals surface area contributed by atoms with Gasteiger partial charge in [-0.05, 0) is 37.5 Å². The number of alkyl halides is 3. The summed E-state index contributed by atoms with van der Waals surface area (Å²) < 4.78 is 60.9. The van der Waals surface area contributed by atoms with Crippen molar-refractivity contribution in [1.82, 2.24) is 5.32 Å². The standard InChI is InChI=1S/C12H13F3N2O3S/c1-7-2-3-8(21(16,19)20)6-9(7)10(18)17-11(4-5-11)12(13,14)15/h2-3,6H,4-5H2,1H3,(H,17,18)(H2,16,19,20). The number of nitrogens with one attached hydrogen (secondary N) is 1. The number of carbonyl (C=O) groups excluding carboxylic acids is 1. The largest absolute Gasteiger partial charge is 0.411 e. The van der Waals surface area contributed by atoms with E-state index in [2.05, 4.69) is 0 Å². The van der Waals surface area contributed by atoms with Crippen molar-refractivity contribution in [3.63, 3.8) is 0 Å². The van der Waals surface area contributed by atoms with E-state index in [4.69, 9.17) is 5.14 Å². The maximum absolute atomic E-state index is 12.8. The highest BCUT2D eigenvalue weighted by Gasteiger charge is 2.64. The Morgan fingerprint density at radius 1 is 1.33 bits per heavy atom. The summed E-state index contributed by atoms with van der Waals surface area (Å²) in [6.07, 6.45) is -4.90. The van der Waals surface area contributed by atoms with Crippen molar-refractivity contribution < 1.29 is 26.4 Å². The van der Waals surface area contributed by atoms with Gasteiger partial charge in [-0.1, -0.05) is 6.07 Å². The normalized spacial score (nSPS) is 17.4. The number of amides is 1. The maximum atomic E-state index is 12.8. The minimum absolute atomic E-state index is 0.142. The van der Waals surface area contributed by atoms with Crippen LogP contribution in [0.15, 0.2) is 23.1 Å². The van der Waals surface area contributed by atoms with Crippen molar-refractivity contribution in [1.29, 1.82) is 0 Å². The molecule has 0 bridgehead atoms. The number of nitrogens with two attached hydrogens (primary N) is 1. The van der Waals surface area contributed by atoms with Crippen LogP contribution in [0, 0.1) is 6.92 Å². The third-order valence-corrected chi connectivity index (χ3v) is 4.34. The van der Waals surface area contributed by atoms with Crippen LogP contribution in [0.5, 0.6) is 0 Å². The number of aryl methyl sites for hydroxylation is 1. The van der Waals surface area contributed by atoms with E-state index in [1.807, 2.05) is 5.32 Å². The number of rotatable bonds is 3. The molecule has 0 atom stereocenters. The zero-order valence-corrected chi connectivity index (χ0v) is 11.8. The Hall–Kier alpha value is -1.61. The fourth-order valence-corrected chi connectivity index (χ4v) is 2.45. The molecule has 0 heterocycles. The van der Waals surface area contributed by atoms with Crippen LogP contribution >= 0.6 is 0 Å². The summed E-state index contributed by atoms with van der Waals surface area (Å²) in [5, 5.41) is 6.89. The van der Waals surface area contributed by atoms with Crippen LogP contribution in [0.1, 0.15) is 28.8 Å². The van der Waals surface area contributed by atoms with E-state index < -0.39 is 27.6 Å². The predicted octanol–water partition coefficient (Wildman–Crippen LogP) is 1.47. The SMILES string of the molecule is Cc1ccc(S(N)(=O)=O)cc1C(=O)NC1(C(F)(F)F)CC1. The van der Waals surface area contributed by atoms with Crippen molar-refractivity contribution in [3.05, 3.63) is 29.3 Å². The average molecular weight is 322 g/mol. The average Bonchev–Trinajstić information content (AvgIpc) is 3.08. The van der Waals surface area contributed by atoms with E-state index in [-0.39, 0.29) is 23.3 Å². The minimum atomic E-state index is -4.53. The van der Waals surface area contributed by atoms with Crippen molar-refractivity contribution >= 4 is 15.9 Å². The summed E-state index contributed by atoms with van der Waals surface area (Å²) in [6, 6.07) is 3.49. The third kappa shape index (κ3) is 3.03. The van der Waals surface area contributed by atoms with Gasteiger partial charge in [-0.15, -0.1) is 0 Å². The van der Waals surface area contributed by atoms with Gasteiger partial charge in [-0.3, -0.25) is 4.79 Å². The molecule has 0 radical (unpaired) electrons. The van der Waals surface area contributed by atoms with Gasteiger partial charge in [-0.2, -0.15) is 13.2 Å². The quantitative estimate of drug-likeness (QED) is 0.883. The summed E-state index contributed by atoms with van der Waals surface area (Å²) in [5.41, 5.74) is -1.98. The molecule has 1 amide bonds. The Labute approximate surface area is 119 Å². The fraction of sp³-hybridized carbons (Fsp3) is 0.417. The molecule has 1 saturated carbocycles. The first-order chi connectivity index (χ1) is 9.46. The van der Waals surface area contributed by atoms with Crippen molar-refractivity contribution in [2.75, 3.05) is 0 Å². The molecule has 3 N–H and O–H groups in total. The Morgan fingerprint density at radius 2 is 1.90 bits per heavy atom. The minimum Gasteiger partial charge on any atom is -0.338 e. The van der Waals surface area contributed by atoms with Crippen LogP contribution in [0.4, 0.5) is 13.2 Å². The lowest BCUT2D eigenvalue weighted by atomic mass is 10.1. The summed E-state index contributed by atoms with van der Waals surface area (Å²) in [6.45, 7) is 1.50. The molecule has 5 nitrogen and oxygen atoms in total. The van der Waals surface area contributed by atoms with E-state index in [1.54, 1.807) is 0 Å². The van der Waals surface area contributed by atoms with Gasteiger partial charge in [0.2, 0.25) is 10.0 Å². The summed E-state index contributed by atoms with van der Waals surface area (Å²) in [7, 11) is -4.03. The van der Waals surface area contributed by atoms with Gasteiger partial charge in [-0.25, -0.2) is 13.6 Å². The molecule has 116 valence electrons. The van der Waals surface area contributed by atoms with Crippen LogP contribution in [-0.4, -0.2) is 26.0 Å². The number of hydrogen-bond acceptors (Lipinski definition) is 3. The number of halogens is 3. The molecule has 1 aromatic rings. The lowest BCUT2D eigenvalue weighted by Gasteiger charge is -2.21. The van der Waals surface area contributed by atoms with Gasteiger partial charge in [0.15, 0.2) is 0 Å². The van der Waals surface area contributed by atoms with Gasteiger partial charge in [0, 0.05) is 5.56 Å². The second-order valence-corrected chi connectivity index (χ2v) is 6.62. The van der Waals surface area contributed by atoms with Gasteiger partial charge in [0.25, 0.3) is 5.91 Å². The van der Waals surface area contributed by atoms with Gasteiger partial charge in [0.05, 0.1) is 4.90 Å². The monoisotopic (exact) mass is 322 g/mol.